The van der Waals surface area contributed by atoms with Crippen LogP contribution in [0.4, 0.5) is 17.5 Å². The monoisotopic (exact) mass is 406 g/mol. The first kappa shape index (κ1) is 18.1. The average Bonchev–Trinajstić information content (AvgIpc) is 3.01. The number of pyridine rings is 1. The van der Waals surface area contributed by atoms with Gasteiger partial charge in [-0.3, -0.25) is 4.79 Å². The topological polar surface area (TPSA) is 120 Å². The average molecular weight is 407 g/mol. The van der Waals surface area contributed by atoms with Gasteiger partial charge >= 0.3 is 5.97 Å². The predicted octanol–water partition coefficient (Wildman–Crippen LogP) is 2.37. The van der Waals surface area contributed by atoms with Crippen LogP contribution in [0.5, 0.6) is 0 Å². The smallest absolute Gasteiger partial charge is 0.312 e. The molecule has 2 aromatic heterocycles. The molecule has 27 heavy (non-hydrogen) atoms. The van der Waals surface area contributed by atoms with Crippen molar-refractivity contribution in [3.63, 3.8) is 0 Å². The summed E-state index contributed by atoms with van der Waals surface area (Å²) in [7, 11) is 0. The zero-order valence-corrected chi connectivity index (χ0v) is 16.1. The first-order valence-corrected chi connectivity index (χ1v) is 9.80. The van der Waals surface area contributed by atoms with E-state index in [2.05, 4.69) is 19.9 Å². The minimum absolute atomic E-state index is 0.0620. The van der Waals surface area contributed by atoms with Crippen molar-refractivity contribution in [1.82, 2.24) is 15.0 Å². The maximum Gasteiger partial charge on any atom is 0.312 e. The summed E-state index contributed by atoms with van der Waals surface area (Å²) in [6.07, 6.45) is 5.60. The van der Waals surface area contributed by atoms with Crippen LogP contribution in [0.25, 0.3) is 0 Å². The largest absolute Gasteiger partial charge is 0.465 e. The lowest BCUT2D eigenvalue weighted by molar-refractivity contribution is -0.147. The van der Waals surface area contributed by atoms with E-state index >= 15 is 0 Å². The zero-order valence-electron chi connectivity index (χ0n) is 14.5. The molecule has 0 aliphatic carbocycles. The summed E-state index contributed by atoms with van der Waals surface area (Å²) in [5, 5.41) is 0.927. The van der Waals surface area contributed by atoms with Crippen LogP contribution in [-0.2, 0) is 9.53 Å². The Bertz CT molecular complexity index is 888. The third kappa shape index (κ3) is 3.37. The second-order valence-corrected chi connectivity index (χ2v) is 8.09. The Hall–Kier alpha value is -2.26. The molecule has 10 heteroatoms. The van der Waals surface area contributed by atoms with Gasteiger partial charge < -0.3 is 21.1 Å². The van der Waals surface area contributed by atoms with Gasteiger partial charge in [-0.15, -0.1) is 0 Å². The molecule has 0 radical (unpaired) electrons. The number of nitrogen functional groups attached to an aromatic ring is 2. The molecule has 0 atom stereocenters. The van der Waals surface area contributed by atoms with Crippen molar-refractivity contribution >= 4 is 46.8 Å². The summed E-state index contributed by atoms with van der Waals surface area (Å²) in [5.74, 6) is 1.23. The van der Waals surface area contributed by atoms with Gasteiger partial charge in [0.25, 0.3) is 0 Å². The molecular weight excluding hydrogens is 388 g/mol. The molecule has 2 aromatic rings. The fourth-order valence-electron chi connectivity index (χ4n) is 3.45. The Morgan fingerprint density at radius 3 is 2.63 bits per heavy atom. The zero-order chi connectivity index (χ0) is 19.0. The summed E-state index contributed by atoms with van der Waals surface area (Å²) in [6.45, 7) is 1.98. The Morgan fingerprint density at radius 1 is 1.19 bits per heavy atom. The summed E-state index contributed by atoms with van der Waals surface area (Å²) in [5.41, 5.74) is 11.5. The molecule has 8 nitrogen and oxygen atoms in total. The number of cyclic esters (lactones) is 1. The molecule has 0 aromatic carbocycles. The number of rotatable bonds is 3. The summed E-state index contributed by atoms with van der Waals surface area (Å²) >= 11 is 7.47. The van der Waals surface area contributed by atoms with E-state index in [0.29, 0.717) is 28.3 Å². The highest BCUT2D eigenvalue weighted by atomic mass is 35.5. The number of aromatic nitrogens is 3. The molecule has 0 bridgehead atoms. The maximum absolute atomic E-state index is 12.0. The lowest BCUT2D eigenvalue weighted by Crippen LogP contribution is -2.42. The quantitative estimate of drug-likeness (QED) is 0.739. The molecule has 4 N–H and O–H groups in total. The van der Waals surface area contributed by atoms with Gasteiger partial charge in [-0.05, 0) is 25.3 Å². The second kappa shape index (κ2) is 7.05. The number of esters is 1. The van der Waals surface area contributed by atoms with Crippen molar-refractivity contribution in [2.24, 2.45) is 5.41 Å². The van der Waals surface area contributed by atoms with Crippen LogP contribution in [0.3, 0.4) is 0 Å². The Labute approximate surface area is 165 Å². The minimum Gasteiger partial charge on any atom is -0.465 e. The molecule has 2 aliphatic rings. The van der Waals surface area contributed by atoms with Gasteiger partial charge in [0.05, 0.1) is 23.2 Å². The first-order chi connectivity index (χ1) is 13.0. The molecule has 0 unspecified atom stereocenters. The number of piperidine rings is 1. The molecule has 2 aliphatic heterocycles. The molecule has 1 spiro atoms. The number of halogens is 1. The van der Waals surface area contributed by atoms with Gasteiger partial charge in [0.15, 0.2) is 5.82 Å². The number of hydrogen-bond acceptors (Lipinski definition) is 9. The third-order valence-corrected chi connectivity index (χ3v) is 6.71. The van der Waals surface area contributed by atoms with E-state index in [1.54, 1.807) is 18.5 Å². The molecule has 4 heterocycles. The standard InChI is InChI=1S/C17H19ClN6O2S/c18-12-10(1-5-21-13(12)19)27-15-14(20)23-11(9-22-15)24-6-2-17(3-7-24)4-8-26-16(17)25/h1,5,9H,2-4,6-8H2,(H2,19,21)(H2,20,23). The van der Waals surface area contributed by atoms with Crippen LogP contribution in [0.2, 0.25) is 5.02 Å². The maximum atomic E-state index is 12.0. The number of carbonyl (C=O) groups excluding carboxylic acids is 1. The number of hydrogen-bond donors (Lipinski definition) is 2. The number of nitrogens with zero attached hydrogens (tertiary/aromatic N) is 4. The van der Waals surface area contributed by atoms with E-state index in [-0.39, 0.29) is 17.2 Å². The van der Waals surface area contributed by atoms with E-state index in [4.69, 9.17) is 27.8 Å². The van der Waals surface area contributed by atoms with E-state index in [1.165, 1.54) is 11.8 Å². The Kier molecular flexibility index (Phi) is 4.73. The van der Waals surface area contributed by atoms with Crippen molar-refractivity contribution in [2.45, 2.75) is 29.2 Å². The van der Waals surface area contributed by atoms with Crippen LogP contribution < -0.4 is 16.4 Å². The van der Waals surface area contributed by atoms with Crippen molar-refractivity contribution in [3.05, 3.63) is 23.5 Å². The lowest BCUT2D eigenvalue weighted by Gasteiger charge is -2.36. The van der Waals surface area contributed by atoms with Gasteiger partial charge in [-0.25, -0.2) is 15.0 Å². The van der Waals surface area contributed by atoms with Crippen molar-refractivity contribution in [3.8, 4) is 0 Å². The van der Waals surface area contributed by atoms with Crippen molar-refractivity contribution in [1.29, 1.82) is 0 Å². The van der Waals surface area contributed by atoms with Gasteiger partial charge in [-0.1, -0.05) is 23.4 Å². The van der Waals surface area contributed by atoms with Gasteiger partial charge in [-0.2, -0.15) is 0 Å². The minimum atomic E-state index is -0.316. The van der Waals surface area contributed by atoms with E-state index in [9.17, 15) is 4.79 Å². The second-order valence-electron chi connectivity index (χ2n) is 6.68. The highest BCUT2D eigenvalue weighted by molar-refractivity contribution is 7.99. The summed E-state index contributed by atoms with van der Waals surface area (Å²) < 4.78 is 5.16. The highest BCUT2D eigenvalue weighted by Crippen LogP contribution is 2.41. The van der Waals surface area contributed by atoms with Crippen LogP contribution >= 0.6 is 23.4 Å². The fourth-order valence-corrected chi connectivity index (χ4v) is 4.46. The lowest BCUT2D eigenvalue weighted by atomic mass is 9.77. The molecule has 4 rings (SSSR count). The van der Waals surface area contributed by atoms with Crippen LogP contribution in [0.15, 0.2) is 28.4 Å². The normalized spacial score (nSPS) is 18.7. The van der Waals surface area contributed by atoms with E-state index in [0.717, 1.165) is 37.2 Å². The van der Waals surface area contributed by atoms with Crippen molar-refractivity contribution in [2.75, 3.05) is 36.1 Å². The molecule has 0 amide bonds. The summed E-state index contributed by atoms with van der Waals surface area (Å²) in [4.78, 5) is 27.7. The molecule has 0 saturated carbocycles. The first-order valence-electron chi connectivity index (χ1n) is 8.61. The van der Waals surface area contributed by atoms with Gasteiger partial charge in [0.1, 0.15) is 16.7 Å². The number of anilines is 3. The Morgan fingerprint density at radius 2 is 1.96 bits per heavy atom. The van der Waals surface area contributed by atoms with E-state index < -0.39 is 0 Å². The van der Waals surface area contributed by atoms with Crippen molar-refractivity contribution < 1.29 is 9.53 Å². The molecular formula is C17H19ClN6O2S. The number of ether oxygens (including phenoxy) is 1. The van der Waals surface area contributed by atoms with Crippen LogP contribution in [0.1, 0.15) is 19.3 Å². The van der Waals surface area contributed by atoms with Crippen LogP contribution in [-0.4, -0.2) is 40.6 Å². The number of carbonyl (C=O) groups is 1. The third-order valence-electron chi connectivity index (χ3n) is 5.13. The molecule has 142 valence electrons. The SMILES string of the molecule is Nc1nc(N2CCC3(CCOC3=O)CC2)cnc1Sc1ccnc(N)c1Cl. The van der Waals surface area contributed by atoms with Gasteiger partial charge in [0.2, 0.25) is 0 Å². The van der Waals surface area contributed by atoms with Crippen LogP contribution in [0, 0.1) is 5.41 Å². The number of nitrogens with two attached hydrogens (primary N) is 2. The Balaban J connectivity index is 1.48. The van der Waals surface area contributed by atoms with Gasteiger partial charge in [0, 0.05) is 24.2 Å². The summed E-state index contributed by atoms with van der Waals surface area (Å²) in [6, 6.07) is 1.75. The highest BCUT2D eigenvalue weighted by Gasteiger charge is 2.46. The molecule has 2 fully saturated rings. The fraction of sp³-hybridized carbons (Fsp3) is 0.412. The molecule has 2 saturated heterocycles. The predicted molar refractivity (Wildman–Crippen MR) is 104 cm³/mol. The van der Waals surface area contributed by atoms with E-state index in [1.807, 2.05) is 0 Å².